The zero-order chi connectivity index (χ0) is 24.5. The summed E-state index contributed by atoms with van der Waals surface area (Å²) in [5, 5.41) is 9.10. The standard InChI is InChI=1S/C17H33NO4.ClH/c1-5-6-7-8-9-10-11-12-17(21)22-15(13-16(19)20)14-18(2,3)4;/h15H,5-14H2,1-4H3;1H/t15-;/m1./s1/i2D3,3D3,4D3;. The van der Waals surface area contributed by atoms with E-state index in [0.29, 0.717) is 6.42 Å². The number of unbranched alkanes of at least 4 members (excludes halogenated alkanes) is 6. The fourth-order valence-corrected chi connectivity index (χ4v) is 2.11. The summed E-state index contributed by atoms with van der Waals surface area (Å²) in [5.41, 5.74) is 0. The number of quaternary nitrogens is 1. The van der Waals surface area contributed by atoms with Crippen molar-refractivity contribution in [2.24, 2.45) is 0 Å². The summed E-state index contributed by atoms with van der Waals surface area (Å²) >= 11 is 0. The second-order valence-corrected chi connectivity index (χ2v) is 5.57. The molecule has 1 atom stereocenters. The van der Waals surface area contributed by atoms with Crippen molar-refractivity contribution in [2.45, 2.75) is 70.8 Å². The lowest BCUT2D eigenvalue weighted by Gasteiger charge is -2.28. The van der Waals surface area contributed by atoms with Crippen LogP contribution in [0.2, 0.25) is 0 Å². The molecule has 138 valence electrons. The van der Waals surface area contributed by atoms with E-state index in [-0.39, 0.29) is 18.8 Å². The summed E-state index contributed by atoms with van der Waals surface area (Å²) in [6.07, 6.45) is 3.82. The third kappa shape index (κ3) is 17.4. The van der Waals surface area contributed by atoms with Crippen LogP contribution >= 0.6 is 0 Å². The highest BCUT2D eigenvalue weighted by atomic mass is 35.5. The number of esters is 1. The van der Waals surface area contributed by atoms with Crippen LogP contribution in [0.15, 0.2) is 0 Å². The smallest absolute Gasteiger partial charge is 0.307 e. The fraction of sp³-hybridized carbons (Fsp3) is 0.882. The highest BCUT2D eigenvalue weighted by molar-refractivity contribution is 5.71. The van der Waals surface area contributed by atoms with Gasteiger partial charge in [0.15, 0.2) is 6.10 Å². The van der Waals surface area contributed by atoms with E-state index >= 15 is 0 Å². The Hall–Kier alpha value is -0.810. The number of ether oxygens (including phenoxy) is 1. The molecule has 1 N–H and O–H groups in total. The van der Waals surface area contributed by atoms with Crippen molar-refractivity contribution in [3.8, 4) is 0 Å². The van der Waals surface area contributed by atoms with Crippen molar-refractivity contribution in [1.29, 1.82) is 0 Å². The molecule has 6 heteroatoms. The lowest BCUT2D eigenvalue weighted by Crippen LogP contribution is -3.00. The van der Waals surface area contributed by atoms with Gasteiger partial charge >= 0.3 is 11.9 Å². The lowest BCUT2D eigenvalue weighted by atomic mass is 10.1. The van der Waals surface area contributed by atoms with Crippen molar-refractivity contribution in [3.05, 3.63) is 0 Å². The number of aliphatic carboxylic acids is 1. The van der Waals surface area contributed by atoms with Crippen LogP contribution in [-0.4, -0.2) is 55.1 Å². The van der Waals surface area contributed by atoms with E-state index in [1.807, 2.05) is 0 Å². The van der Waals surface area contributed by atoms with E-state index in [1.165, 1.54) is 0 Å². The summed E-state index contributed by atoms with van der Waals surface area (Å²) in [4.78, 5) is 23.4. The summed E-state index contributed by atoms with van der Waals surface area (Å²) in [6.45, 7) is -9.74. The highest BCUT2D eigenvalue weighted by Crippen LogP contribution is 2.11. The molecular formula is C17H34ClNO4. The fourth-order valence-electron chi connectivity index (χ4n) is 2.11. The van der Waals surface area contributed by atoms with Crippen LogP contribution in [0.3, 0.4) is 0 Å². The molecule has 0 rings (SSSR count). The van der Waals surface area contributed by atoms with Gasteiger partial charge in [-0.15, -0.1) is 0 Å². The first kappa shape index (κ1) is 11.7. The summed E-state index contributed by atoms with van der Waals surface area (Å²) in [7, 11) is 0. The predicted molar refractivity (Wildman–Crippen MR) is 87.6 cm³/mol. The molecule has 0 aromatic rings. The van der Waals surface area contributed by atoms with Crippen molar-refractivity contribution in [3.63, 3.8) is 0 Å². The first-order chi connectivity index (χ1) is 14.0. The van der Waals surface area contributed by atoms with Gasteiger partial charge < -0.3 is 26.7 Å². The molecule has 0 fully saturated rings. The van der Waals surface area contributed by atoms with E-state index in [0.717, 1.165) is 38.5 Å². The average Bonchev–Trinajstić information content (AvgIpc) is 2.54. The summed E-state index contributed by atoms with van der Waals surface area (Å²) < 4.78 is 71.2. The molecule has 0 aliphatic carbocycles. The van der Waals surface area contributed by atoms with Gasteiger partial charge in [-0.3, -0.25) is 9.59 Å². The minimum absolute atomic E-state index is 0. The Bertz CT molecular complexity index is 544. The second kappa shape index (κ2) is 13.6. The molecule has 0 bridgehead atoms. The van der Waals surface area contributed by atoms with Gasteiger partial charge in [-0.2, -0.15) is 0 Å². The number of hydrogen-bond donors (Lipinski definition) is 1. The van der Waals surface area contributed by atoms with Gasteiger partial charge in [0, 0.05) is 6.42 Å². The maximum Gasteiger partial charge on any atom is 0.307 e. The molecule has 0 aliphatic heterocycles. The Labute approximate surface area is 160 Å². The Morgan fingerprint density at radius 1 is 1.09 bits per heavy atom. The van der Waals surface area contributed by atoms with Gasteiger partial charge in [0.1, 0.15) is 6.54 Å². The number of carboxylic acid groups (broad SMARTS) is 1. The van der Waals surface area contributed by atoms with Crippen molar-refractivity contribution < 1.29 is 48.7 Å². The number of carboxylic acids is 1. The van der Waals surface area contributed by atoms with E-state index in [4.69, 9.17) is 22.2 Å². The zero-order valence-corrected chi connectivity index (χ0v) is 14.4. The van der Waals surface area contributed by atoms with E-state index < -0.39 is 56.4 Å². The largest absolute Gasteiger partial charge is 1.00 e. The van der Waals surface area contributed by atoms with Crippen LogP contribution in [0.5, 0.6) is 0 Å². The lowest BCUT2D eigenvalue weighted by molar-refractivity contribution is -0.873. The Kier molecular flexibility index (Phi) is 6.92. The van der Waals surface area contributed by atoms with Crippen molar-refractivity contribution in [2.75, 3.05) is 27.5 Å². The van der Waals surface area contributed by atoms with Gasteiger partial charge in [0.2, 0.25) is 0 Å². The molecule has 5 nitrogen and oxygen atoms in total. The highest BCUT2D eigenvalue weighted by Gasteiger charge is 2.24. The van der Waals surface area contributed by atoms with Crippen molar-refractivity contribution in [1.82, 2.24) is 0 Å². The second-order valence-electron chi connectivity index (χ2n) is 5.57. The van der Waals surface area contributed by atoms with Crippen molar-refractivity contribution >= 4 is 11.9 Å². The van der Waals surface area contributed by atoms with E-state index in [2.05, 4.69) is 6.92 Å². The molecule has 0 aliphatic rings. The topological polar surface area (TPSA) is 63.6 Å². The van der Waals surface area contributed by atoms with Crippen LogP contribution in [0.4, 0.5) is 0 Å². The summed E-state index contributed by atoms with van der Waals surface area (Å²) in [6, 6.07) is 0. The molecule has 23 heavy (non-hydrogen) atoms. The number of nitrogens with zero attached hydrogens (tertiary/aromatic N) is 1. The first-order valence-electron chi connectivity index (χ1n) is 12.3. The van der Waals surface area contributed by atoms with Crippen LogP contribution in [0.25, 0.3) is 0 Å². The minimum Gasteiger partial charge on any atom is -1.00 e. The van der Waals surface area contributed by atoms with E-state index in [9.17, 15) is 9.59 Å². The van der Waals surface area contributed by atoms with Gasteiger partial charge in [-0.05, 0) is 6.42 Å². The SMILES string of the molecule is [2H]C([2H])([2H])[N+](C[C@@H](CC(=O)O)OC(=O)CCCCCCCCC)(C([2H])([2H])[2H])C([2H])([2H])[2H].[Cl-]. The number of carbonyl (C=O) groups is 2. The van der Waals surface area contributed by atoms with Gasteiger partial charge in [-0.1, -0.05) is 45.4 Å². The number of rotatable bonds is 13. The number of likely N-dealkylation sites (N-methyl/N-ethyl adjacent to an activating group) is 1. The molecule has 0 saturated heterocycles. The monoisotopic (exact) mass is 360 g/mol. The van der Waals surface area contributed by atoms with E-state index in [1.54, 1.807) is 0 Å². The quantitative estimate of drug-likeness (QED) is 0.290. The molecule has 0 spiro atoms. The molecule has 0 unspecified atom stereocenters. The third-order valence-corrected chi connectivity index (χ3v) is 3.16. The third-order valence-electron chi connectivity index (χ3n) is 3.16. The molecule has 0 saturated carbocycles. The number of halogens is 1. The molecule has 0 aromatic heterocycles. The van der Waals surface area contributed by atoms with Crippen LogP contribution in [0, 0.1) is 0 Å². The Balaban J connectivity index is 0. The zero-order valence-electron chi connectivity index (χ0n) is 22.6. The molecule has 0 heterocycles. The van der Waals surface area contributed by atoms with Crippen LogP contribution < -0.4 is 12.4 Å². The Morgan fingerprint density at radius 3 is 2.17 bits per heavy atom. The van der Waals surface area contributed by atoms with Gasteiger partial charge in [0.25, 0.3) is 0 Å². The van der Waals surface area contributed by atoms with Crippen LogP contribution in [0.1, 0.15) is 77.0 Å². The van der Waals surface area contributed by atoms with Gasteiger partial charge in [0.05, 0.1) is 39.7 Å². The first-order valence-corrected chi connectivity index (χ1v) is 7.79. The summed E-state index contributed by atoms with van der Waals surface area (Å²) in [5.74, 6) is -2.30. The van der Waals surface area contributed by atoms with Gasteiger partial charge in [-0.25, -0.2) is 0 Å². The van der Waals surface area contributed by atoms with Crippen LogP contribution in [-0.2, 0) is 14.3 Å². The maximum absolute atomic E-state index is 12.2. The predicted octanol–water partition coefficient (Wildman–Crippen LogP) is 0.224. The average molecular weight is 361 g/mol. The minimum atomic E-state index is -3.54. The molecule has 0 amide bonds. The number of hydrogen-bond acceptors (Lipinski definition) is 3. The normalized spacial score (nSPS) is 19.8. The molecule has 0 radical (unpaired) electrons. The number of carbonyl (C=O) groups excluding carboxylic acids is 1. The molecule has 0 aromatic carbocycles. The molecular weight excluding hydrogens is 318 g/mol. The Morgan fingerprint density at radius 2 is 1.65 bits per heavy atom. The maximum atomic E-state index is 12.2.